The van der Waals surface area contributed by atoms with Gasteiger partial charge in [-0.2, -0.15) is 0 Å². The fourth-order valence-electron chi connectivity index (χ4n) is 5.30. The molecule has 0 aliphatic carbocycles. The largest absolute Gasteiger partial charge is 0.459 e. The molecule has 0 bridgehead atoms. The molecule has 52 heavy (non-hydrogen) atoms. The lowest BCUT2D eigenvalue weighted by molar-refractivity contribution is -0.385. The molecule has 1 aliphatic rings. The molecule has 6 rings (SSSR count). The molecule has 264 valence electrons. The van der Waals surface area contributed by atoms with E-state index in [0.717, 1.165) is 37.5 Å². The normalized spacial score (nSPS) is 17.9. The summed E-state index contributed by atoms with van der Waals surface area (Å²) in [4.78, 5) is 85.2. The Balaban J connectivity index is 1.32. The van der Waals surface area contributed by atoms with Gasteiger partial charge in [-0.05, 0) is 36.4 Å². The number of anilines is 1. The number of nitrogens with zero attached hydrogens (tertiary/aromatic N) is 6. The fourth-order valence-corrected chi connectivity index (χ4v) is 5.30. The molecule has 1 saturated heterocycles. The summed E-state index contributed by atoms with van der Waals surface area (Å²) < 4.78 is 24.4. The Kier molecular flexibility index (Phi) is 9.85. The molecular formula is C33H25N7O12. The molecule has 0 unspecified atom stereocenters. The molecule has 1 fully saturated rings. The van der Waals surface area contributed by atoms with Crippen LogP contribution in [0.4, 0.5) is 17.2 Å². The highest BCUT2D eigenvalue weighted by molar-refractivity contribution is 6.06. The summed E-state index contributed by atoms with van der Waals surface area (Å²) in [6.45, 7) is 0.544. The number of carbonyl (C=O) groups is 4. The van der Waals surface area contributed by atoms with E-state index in [1.165, 1.54) is 35.2 Å². The Morgan fingerprint density at radius 3 is 2.00 bits per heavy atom. The topological polar surface area (TPSA) is 247 Å². The van der Waals surface area contributed by atoms with Crippen molar-refractivity contribution in [2.24, 2.45) is 0 Å². The predicted octanol–water partition coefficient (Wildman–Crippen LogP) is 3.81. The van der Waals surface area contributed by atoms with Crippen molar-refractivity contribution in [1.29, 1.82) is 0 Å². The van der Waals surface area contributed by atoms with Crippen molar-refractivity contribution in [2.75, 3.05) is 11.9 Å². The van der Waals surface area contributed by atoms with Gasteiger partial charge in [0.1, 0.15) is 19.0 Å². The van der Waals surface area contributed by atoms with E-state index in [4.69, 9.17) is 18.9 Å². The van der Waals surface area contributed by atoms with Gasteiger partial charge in [0, 0.05) is 36.8 Å². The first-order chi connectivity index (χ1) is 25.0. The minimum absolute atomic E-state index is 0.0292. The number of hydrogen-bond acceptors (Lipinski definition) is 15. The SMILES string of the molecule is CC(=O)O[C@@H]1[C@@H](OC(=O)c2ccc([N+](=O)[O-])cc2)[C@@H](COC(=O)c2ccc([N+](=O)[O-])cc2)O[C@H]1n1cnc2c(NC(=O)c3ccccc3)ncnc21. The number of rotatable bonds is 11. The Bertz CT molecular complexity index is 2180. The predicted molar refractivity (Wildman–Crippen MR) is 175 cm³/mol. The van der Waals surface area contributed by atoms with Crippen molar-refractivity contribution < 1.29 is 48.0 Å². The van der Waals surface area contributed by atoms with Gasteiger partial charge in [0.2, 0.25) is 0 Å². The lowest BCUT2D eigenvalue weighted by Crippen LogP contribution is -2.41. The Morgan fingerprint density at radius 2 is 1.40 bits per heavy atom. The number of nitro benzene ring substituents is 2. The molecule has 1 aliphatic heterocycles. The van der Waals surface area contributed by atoms with Crippen molar-refractivity contribution in [2.45, 2.75) is 31.5 Å². The van der Waals surface area contributed by atoms with Gasteiger partial charge in [0.15, 0.2) is 35.4 Å². The summed E-state index contributed by atoms with van der Waals surface area (Å²) in [6.07, 6.45) is -3.02. The Morgan fingerprint density at radius 1 is 0.788 bits per heavy atom. The minimum atomic E-state index is -1.45. The maximum atomic E-state index is 13.3. The fraction of sp³-hybridized carbons (Fsp3) is 0.182. The number of hydrogen-bond donors (Lipinski definition) is 1. The van der Waals surface area contributed by atoms with Crippen LogP contribution >= 0.6 is 0 Å². The molecule has 4 atom stereocenters. The van der Waals surface area contributed by atoms with E-state index >= 15 is 0 Å². The first kappa shape index (κ1) is 34.7. The third-order valence-electron chi connectivity index (χ3n) is 7.74. The number of ether oxygens (including phenoxy) is 4. The van der Waals surface area contributed by atoms with Gasteiger partial charge in [-0.3, -0.25) is 34.4 Å². The van der Waals surface area contributed by atoms with E-state index in [9.17, 15) is 39.4 Å². The second-order valence-corrected chi connectivity index (χ2v) is 11.1. The zero-order valence-electron chi connectivity index (χ0n) is 26.8. The number of amides is 1. The van der Waals surface area contributed by atoms with E-state index < -0.39 is 64.8 Å². The lowest BCUT2D eigenvalue weighted by atomic mass is 10.1. The highest BCUT2D eigenvalue weighted by Crippen LogP contribution is 2.37. The molecule has 2 aromatic heterocycles. The summed E-state index contributed by atoms with van der Waals surface area (Å²) in [5, 5.41) is 24.8. The first-order valence-corrected chi connectivity index (χ1v) is 15.2. The van der Waals surface area contributed by atoms with Crippen LogP contribution in [-0.4, -0.2) is 78.1 Å². The van der Waals surface area contributed by atoms with Crippen LogP contribution in [0, 0.1) is 20.2 Å². The number of benzene rings is 3. The summed E-state index contributed by atoms with van der Waals surface area (Å²) in [5.41, 5.74) is -0.0427. The maximum absolute atomic E-state index is 13.3. The zero-order valence-corrected chi connectivity index (χ0v) is 26.8. The third kappa shape index (κ3) is 7.38. The summed E-state index contributed by atoms with van der Waals surface area (Å²) in [6, 6.07) is 17.5. The van der Waals surface area contributed by atoms with Gasteiger partial charge in [-0.15, -0.1) is 0 Å². The van der Waals surface area contributed by atoms with Crippen molar-refractivity contribution >= 4 is 52.2 Å². The number of nitrogens with one attached hydrogen (secondary N) is 1. The maximum Gasteiger partial charge on any atom is 0.338 e. The first-order valence-electron chi connectivity index (χ1n) is 15.2. The average molecular weight is 712 g/mol. The van der Waals surface area contributed by atoms with Crippen molar-refractivity contribution in [3.8, 4) is 0 Å². The molecule has 1 N–H and O–H groups in total. The molecule has 0 saturated carbocycles. The van der Waals surface area contributed by atoms with Crippen molar-refractivity contribution in [1.82, 2.24) is 19.5 Å². The van der Waals surface area contributed by atoms with Crippen LogP contribution in [0.2, 0.25) is 0 Å². The minimum Gasteiger partial charge on any atom is -0.459 e. The monoisotopic (exact) mass is 711 g/mol. The molecule has 19 nitrogen and oxygen atoms in total. The molecule has 19 heteroatoms. The van der Waals surface area contributed by atoms with Gasteiger partial charge < -0.3 is 24.3 Å². The van der Waals surface area contributed by atoms with E-state index in [1.807, 2.05) is 0 Å². The summed E-state index contributed by atoms with van der Waals surface area (Å²) in [5.74, 6) is -3.09. The van der Waals surface area contributed by atoms with Crippen molar-refractivity contribution in [3.63, 3.8) is 0 Å². The summed E-state index contributed by atoms with van der Waals surface area (Å²) in [7, 11) is 0. The quantitative estimate of drug-likeness (QED) is 0.0885. The number of esters is 3. The zero-order chi connectivity index (χ0) is 36.9. The Labute approximate surface area is 291 Å². The molecular weight excluding hydrogens is 686 g/mol. The summed E-state index contributed by atoms with van der Waals surface area (Å²) >= 11 is 0. The van der Waals surface area contributed by atoms with E-state index in [-0.39, 0.29) is 39.5 Å². The molecule has 1 amide bonds. The second-order valence-electron chi connectivity index (χ2n) is 11.1. The number of nitro groups is 2. The standard InChI is InChI=1S/C33H25N7O12/c1-18(41)50-27-26(52-33(44)21-9-13-23(14-10-21)40(47)48)24(15-49-32(43)20-7-11-22(12-8-20)39(45)46)51-31(27)38-17-36-25-28(34-16-35-29(25)38)37-30(42)19-5-3-2-4-6-19/h2-14,16-17,24,26-27,31H,15H2,1H3,(H,34,35,37,42)/t24-,26+,27-,31-/m1/s1. The van der Waals surface area contributed by atoms with Crippen LogP contribution in [0.25, 0.3) is 11.2 Å². The average Bonchev–Trinajstić information content (AvgIpc) is 3.72. The molecule has 0 spiro atoms. The van der Waals surface area contributed by atoms with Gasteiger partial charge in [0.05, 0.1) is 27.3 Å². The lowest BCUT2D eigenvalue weighted by Gasteiger charge is -2.24. The number of imidazole rings is 1. The van der Waals surface area contributed by atoms with Crippen LogP contribution in [0.3, 0.4) is 0 Å². The van der Waals surface area contributed by atoms with Gasteiger partial charge in [0.25, 0.3) is 17.3 Å². The second kappa shape index (κ2) is 14.8. The van der Waals surface area contributed by atoms with Crippen molar-refractivity contribution in [3.05, 3.63) is 128 Å². The number of carbonyl (C=O) groups excluding carboxylic acids is 4. The highest BCUT2D eigenvalue weighted by Gasteiger charge is 2.51. The molecule has 5 aromatic rings. The highest BCUT2D eigenvalue weighted by atomic mass is 16.7. The number of fused-ring (bicyclic) bond motifs is 1. The van der Waals surface area contributed by atoms with E-state index in [2.05, 4.69) is 20.3 Å². The Hall–Kier alpha value is -7.15. The molecule has 3 aromatic carbocycles. The van der Waals surface area contributed by atoms with E-state index in [0.29, 0.717) is 5.56 Å². The smallest absolute Gasteiger partial charge is 0.338 e. The van der Waals surface area contributed by atoms with Crippen LogP contribution in [0.5, 0.6) is 0 Å². The van der Waals surface area contributed by atoms with E-state index in [1.54, 1.807) is 30.3 Å². The number of non-ortho nitro benzene ring substituents is 2. The third-order valence-corrected chi connectivity index (χ3v) is 7.74. The molecule has 3 heterocycles. The van der Waals surface area contributed by atoms with Gasteiger partial charge >= 0.3 is 17.9 Å². The van der Waals surface area contributed by atoms with Crippen LogP contribution in [-0.2, 0) is 23.7 Å². The van der Waals surface area contributed by atoms with Gasteiger partial charge in [-0.1, -0.05) is 18.2 Å². The molecule has 0 radical (unpaired) electrons. The van der Waals surface area contributed by atoms with Gasteiger partial charge in [-0.25, -0.2) is 24.5 Å². The number of aromatic nitrogens is 4. The van der Waals surface area contributed by atoms with Crippen LogP contribution < -0.4 is 5.32 Å². The van der Waals surface area contributed by atoms with Crippen LogP contribution in [0.1, 0.15) is 44.2 Å². The van der Waals surface area contributed by atoms with Crippen LogP contribution in [0.15, 0.2) is 91.5 Å².